The van der Waals surface area contributed by atoms with E-state index >= 15 is 0 Å². The number of hydrogen-bond donors (Lipinski definition) is 0. The minimum absolute atomic E-state index is 1.11. The number of imidazole rings is 1. The van der Waals surface area contributed by atoms with Crippen molar-refractivity contribution in [1.29, 1.82) is 0 Å². The lowest BCUT2D eigenvalue weighted by Crippen LogP contribution is -2.30. The molecule has 0 radical (unpaired) electrons. The monoisotopic (exact) mass is 307 g/mol. The van der Waals surface area contributed by atoms with E-state index in [9.17, 15) is 0 Å². The van der Waals surface area contributed by atoms with Gasteiger partial charge in [-0.3, -0.25) is 0 Å². The van der Waals surface area contributed by atoms with Gasteiger partial charge in [0, 0.05) is 5.39 Å². The Kier molecular flexibility index (Phi) is 5.46. The summed E-state index contributed by atoms with van der Waals surface area (Å²) in [6.45, 7) is 3.38. The third-order valence-electron chi connectivity index (χ3n) is 4.51. The van der Waals surface area contributed by atoms with Crippen LogP contribution in [-0.4, -0.2) is 4.57 Å². The Morgan fingerprint density at radius 2 is 1.65 bits per heavy atom. The molecule has 0 saturated carbocycles. The van der Waals surface area contributed by atoms with Gasteiger partial charge in [0.25, 0.3) is 0 Å². The van der Waals surface area contributed by atoms with Crippen molar-refractivity contribution in [3.8, 4) is 5.69 Å². The van der Waals surface area contributed by atoms with Crippen molar-refractivity contribution in [2.75, 3.05) is 0 Å². The van der Waals surface area contributed by atoms with Gasteiger partial charge >= 0.3 is 0 Å². The Labute approximate surface area is 139 Å². The molecule has 0 fully saturated rings. The van der Waals surface area contributed by atoms with E-state index in [1.54, 1.807) is 0 Å². The molecule has 0 bridgehead atoms. The predicted octanol–water partition coefficient (Wildman–Crippen LogP) is 5.28. The van der Waals surface area contributed by atoms with Crippen LogP contribution in [-0.2, 0) is 6.54 Å². The molecule has 23 heavy (non-hydrogen) atoms. The number of aryl methyl sites for hydroxylation is 1. The lowest BCUT2D eigenvalue weighted by molar-refractivity contribution is -0.696. The number of unbranched alkanes of at least 4 members (excludes halogenated alkanes) is 5. The van der Waals surface area contributed by atoms with Gasteiger partial charge in [-0.2, -0.15) is 0 Å². The van der Waals surface area contributed by atoms with E-state index in [1.165, 1.54) is 55.0 Å². The standard InChI is InChI=1S/C21H27N2/c1-2-3-4-5-6-9-15-22-16-17-23(18-22)21-14-10-12-19-11-7-8-13-20(19)21/h7-8,10-14,16-18H,2-6,9,15H2,1H3/q+1. The van der Waals surface area contributed by atoms with E-state index in [2.05, 4.69) is 77.2 Å². The summed E-state index contributed by atoms with van der Waals surface area (Å²) in [5.74, 6) is 0. The predicted molar refractivity (Wildman–Crippen MR) is 96.8 cm³/mol. The molecule has 0 spiro atoms. The van der Waals surface area contributed by atoms with Crippen molar-refractivity contribution in [3.63, 3.8) is 0 Å². The first-order chi connectivity index (χ1) is 11.4. The first-order valence-electron chi connectivity index (χ1n) is 8.93. The zero-order valence-corrected chi connectivity index (χ0v) is 14.1. The summed E-state index contributed by atoms with van der Waals surface area (Å²) < 4.78 is 4.54. The van der Waals surface area contributed by atoms with E-state index in [1.807, 2.05) is 0 Å². The Morgan fingerprint density at radius 1 is 0.870 bits per heavy atom. The molecule has 2 aromatic carbocycles. The SMILES string of the molecule is CCCCCCCC[n+]1ccn(-c2cccc3ccccc23)c1. The molecular formula is C21H27N2+. The smallest absolute Gasteiger partial charge is 0.236 e. The van der Waals surface area contributed by atoms with Crippen LogP contribution in [0.15, 0.2) is 61.2 Å². The minimum Gasteiger partial charge on any atom is -0.236 e. The van der Waals surface area contributed by atoms with E-state index in [0.717, 1.165) is 6.54 Å². The largest absolute Gasteiger partial charge is 0.248 e. The molecule has 2 nitrogen and oxygen atoms in total. The van der Waals surface area contributed by atoms with Gasteiger partial charge in [0.05, 0.1) is 6.54 Å². The fraction of sp³-hybridized carbons (Fsp3) is 0.381. The molecular weight excluding hydrogens is 280 g/mol. The first-order valence-corrected chi connectivity index (χ1v) is 8.93. The number of aromatic nitrogens is 2. The minimum atomic E-state index is 1.11. The Balaban J connectivity index is 1.64. The van der Waals surface area contributed by atoms with Crippen LogP contribution in [0.4, 0.5) is 0 Å². The average molecular weight is 307 g/mol. The van der Waals surface area contributed by atoms with Gasteiger partial charge < -0.3 is 0 Å². The molecule has 3 aromatic rings. The molecule has 2 heteroatoms. The summed E-state index contributed by atoms with van der Waals surface area (Å²) in [7, 11) is 0. The van der Waals surface area contributed by atoms with Crippen molar-refractivity contribution in [3.05, 3.63) is 61.2 Å². The number of fused-ring (bicyclic) bond motifs is 1. The van der Waals surface area contributed by atoms with E-state index in [4.69, 9.17) is 0 Å². The Hall–Kier alpha value is -2.09. The van der Waals surface area contributed by atoms with Crippen molar-refractivity contribution < 1.29 is 4.57 Å². The van der Waals surface area contributed by atoms with E-state index in [0.29, 0.717) is 0 Å². The molecule has 0 atom stereocenters. The molecule has 0 aliphatic heterocycles. The Bertz CT molecular complexity index is 737. The fourth-order valence-corrected chi connectivity index (χ4v) is 3.18. The van der Waals surface area contributed by atoms with Crippen LogP contribution in [0.2, 0.25) is 0 Å². The molecule has 0 N–H and O–H groups in total. The summed E-state index contributed by atoms with van der Waals surface area (Å²) in [6, 6.07) is 15.1. The van der Waals surface area contributed by atoms with Crippen LogP contribution >= 0.6 is 0 Å². The van der Waals surface area contributed by atoms with Crippen LogP contribution in [0, 0.1) is 0 Å². The van der Waals surface area contributed by atoms with Gasteiger partial charge in [-0.05, 0) is 24.3 Å². The summed E-state index contributed by atoms with van der Waals surface area (Å²) in [4.78, 5) is 0. The van der Waals surface area contributed by atoms with E-state index < -0.39 is 0 Å². The molecule has 1 aromatic heterocycles. The third kappa shape index (κ3) is 4.01. The maximum absolute atomic E-state index is 2.31. The van der Waals surface area contributed by atoms with Crippen molar-refractivity contribution in [1.82, 2.24) is 4.57 Å². The first kappa shape index (κ1) is 15.8. The molecule has 120 valence electrons. The second kappa shape index (κ2) is 7.96. The number of hydrogen-bond acceptors (Lipinski definition) is 0. The lowest BCUT2D eigenvalue weighted by atomic mass is 10.1. The highest BCUT2D eigenvalue weighted by Crippen LogP contribution is 2.21. The Morgan fingerprint density at radius 3 is 2.57 bits per heavy atom. The second-order valence-electron chi connectivity index (χ2n) is 6.32. The van der Waals surface area contributed by atoms with E-state index in [-0.39, 0.29) is 0 Å². The van der Waals surface area contributed by atoms with Crippen LogP contribution < -0.4 is 4.57 Å². The zero-order valence-electron chi connectivity index (χ0n) is 14.1. The normalized spacial score (nSPS) is 11.2. The second-order valence-corrected chi connectivity index (χ2v) is 6.32. The molecule has 0 saturated heterocycles. The topological polar surface area (TPSA) is 8.81 Å². The third-order valence-corrected chi connectivity index (χ3v) is 4.51. The summed E-state index contributed by atoms with van der Waals surface area (Å²) in [6.07, 6.45) is 14.6. The quantitative estimate of drug-likeness (QED) is 0.395. The molecule has 0 unspecified atom stereocenters. The van der Waals surface area contributed by atoms with Crippen molar-refractivity contribution in [2.24, 2.45) is 0 Å². The van der Waals surface area contributed by atoms with Gasteiger partial charge in [-0.1, -0.05) is 69.0 Å². The summed E-state index contributed by atoms with van der Waals surface area (Å²) in [5, 5.41) is 2.60. The maximum Gasteiger partial charge on any atom is 0.248 e. The molecule has 0 aliphatic carbocycles. The highest BCUT2D eigenvalue weighted by atomic mass is 15.1. The van der Waals surface area contributed by atoms with Crippen LogP contribution in [0.1, 0.15) is 45.4 Å². The zero-order chi connectivity index (χ0) is 15.9. The number of benzene rings is 2. The highest BCUT2D eigenvalue weighted by Gasteiger charge is 2.09. The van der Waals surface area contributed by atoms with Gasteiger partial charge in [0.1, 0.15) is 18.1 Å². The fourth-order valence-electron chi connectivity index (χ4n) is 3.18. The van der Waals surface area contributed by atoms with Gasteiger partial charge in [-0.25, -0.2) is 9.13 Å². The van der Waals surface area contributed by atoms with Crippen LogP contribution in [0.3, 0.4) is 0 Å². The van der Waals surface area contributed by atoms with Crippen LogP contribution in [0.25, 0.3) is 16.5 Å². The molecule has 0 amide bonds. The molecule has 0 aliphatic rings. The summed E-state index contributed by atoms with van der Waals surface area (Å²) in [5.41, 5.74) is 1.25. The van der Waals surface area contributed by atoms with Crippen molar-refractivity contribution in [2.45, 2.75) is 52.0 Å². The summed E-state index contributed by atoms with van der Waals surface area (Å²) >= 11 is 0. The number of nitrogens with zero attached hydrogens (tertiary/aromatic N) is 2. The molecule has 3 rings (SSSR count). The van der Waals surface area contributed by atoms with Crippen LogP contribution in [0.5, 0.6) is 0 Å². The van der Waals surface area contributed by atoms with Crippen molar-refractivity contribution >= 4 is 10.8 Å². The number of rotatable bonds is 8. The van der Waals surface area contributed by atoms with Gasteiger partial charge in [0.2, 0.25) is 6.33 Å². The average Bonchev–Trinajstić information content (AvgIpc) is 3.06. The highest BCUT2D eigenvalue weighted by molar-refractivity contribution is 5.90. The lowest BCUT2D eigenvalue weighted by Gasteiger charge is -2.02. The van der Waals surface area contributed by atoms with Gasteiger partial charge in [-0.15, -0.1) is 0 Å². The maximum atomic E-state index is 2.31. The molecule has 1 heterocycles. The van der Waals surface area contributed by atoms with Gasteiger partial charge in [0.15, 0.2) is 0 Å².